The molecule has 178 valence electrons. The third-order valence-electron chi connectivity index (χ3n) is 6.51. The molecule has 0 bridgehead atoms. The van der Waals surface area contributed by atoms with Crippen LogP contribution in [0.2, 0.25) is 0 Å². The van der Waals surface area contributed by atoms with Crippen molar-refractivity contribution in [2.24, 2.45) is 7.05 Å². The number of benzene rings is 2. The summed E-state index contributed by atoms with van der Waals surface area (Å²) in [6.45, 7) is 2.09. The van der Waals surface area contributed by atoms with E-state index >= 15 is 0 Å². The maximum absolute atomic E-state index is 13.3. The molecule has 2 aliphatic rings. The third kappa shape index (κ3) is 4.33. The number of imidazole rings is 1. The number of aromatic nitrogens is 2. The van der Waals surface area contributed by atoms with Gasteiger partial charge >= 0.3 is 0 Å². The fourth-order valence-electron chi connectivity index (χ4n) is 4.56. The fraction of sp³-hybridized carbons (Fsp3) is 0.360. The van der Waals surface area contributed by atoms with Crippen LogP contribution in [0.15, 0.2) is 59.8 Å². The number of aryl methyl sites for hydroxylation is 2. The molecule has 0 N–H and O–H groups in total. The van der Waals surface area contributed by atoms with E-state index in [4.69, 9.17) is 4.74 Å². The van der Waals surface area contributed by atoms with Crippen LogP contribution in [0.4, 0.5) is 5.69 Å². The van der Waals surface area contributed by atoms with Crippen LogP contribution < -0.4 is 9.64 Å². The van der Waals surface area contributed by atoms with Crippen LogP contribution in [0.5, 0.6) is 5.75 Å². The zero-order valence-electron chi connectivity index (χ0n) is 19.2. The number of fused-ring (bicyclic) bond motifs is 1. The number of anilines is 1. The summed E-state index contributed by atoms with van der Waals surface area (Å²) < 4.78 is 35.2. The highest BCUT2D eigenvalue weighted by Crippen LogP contribution is 2.32. The quantitative estimate of drug-likeness (QED) is 0.540. The van der Waals surface area contributed by atoms with Crippen molar-refractivity contribution in [1.29, 1.82) is 0 Å². The largest absolute Gasteiger partial charge is 0.486 e. The first kappa shape index (κ1) is 22.6. The first-order valence-electron chi connectivity index (χ1n) is 11.6. The Bertz CT molecular complexity index is 1290. The molecule has 8 nitrogen and oxygen atoms in total. The Morgan fingerprint density at radius 1 is 1.03 bits per heavy atom. The molecule has 3 heterocycles. The molecule has 9 heteroatoms. The van der Waals surface area contributed by atoms with Crippen LogP contribution in [-0.4, -0.2) is 47.8 Å². The average molecular weight is 481 g/mol. The van der Waals surface area contributed by atoms with E-state index < -0.39 is 10.0 Å². The number of carbonyl (C=O) groups excluding carboxylic acids is 1. The number of rotatable bonds is 6. The predicted molar refractivity (Wildman–Crippen MR) is 128 cm³/mol. The molecule has 1 amide bonds. The molecule has 0 saturated carbocycles. The zero-order valence-corrected chi connectivity index (χ0v) is 20.0. The van der Waals surface area contributed by atoms with E-state index in [1.807, 2.05) is 17.8 Å². The van der Waals surface area contributed by atoms with Gasteiger partial charge in [0.2, 0.25) is 10.0 Å². The van der Waals surface area contributed by atoms with Crippen LogP contribution in [0, 0.1) is 0 Å². The predicted octanol–water partition coefficient (Wildman–Crippen LogP) is 3.38. The molecule has 3 aromatic rings. The molecular formula is C25H28N4O4S. The number of ether oxygens (including phenoxy) is 1. The Labute approximate surface area is 199 Å². The van der Waals surface area contributed by atoms with Crippen molar-refractivity contribution < 1.29 is 17.9 Å². The number of hydrogen-bond donors (Lipinski definition) is 0. The molecule has 0 atom stereocenters. The smallest absolute Gasteiger partial charge is 0.258 e. The molecule has 1 fully saturated rings. The second-order valence-corrected chi connectivity index (χ2v) is 10.7. The Kier molecular flexibility index (Phi) is 6.14. The monoisotopic (exact) mass is 480 g/mol. The van der Waals surface area contributed by atoms with Gasteiger partial charge in [-0.05, 0) is 73.7 Å². The van der Waals surface area contributed by atoms with Gasteiger partial charge in [0.15, 0.2) is 0 Å². The summed E-state index contributed by atoms with van der Waals surface area (Å²) in [4.78, 5) is 19.6. The van der Waals surface area contributed by atoms with Gasteiger partial charge in [-0.2, -0.15) is 4.31 Å². The first-order chi connectivity index (χ1) is 16.4. The molecule has 0 spiro atoms. The summed E-state index contributed by atoms with van der Waals surface area (Å²) >= 11 is 0. The SMILES string of the molecule is Cn1ccnc1COc1ccc(C(=O)N2CCCc3cc(S(=O)(=O)N4CCCC4)ccc32)cc1. The van der Waals surface area contributed by atoms with Crippen molar-refractivity contribution >= 4 is 21.6 Å². The Morgan fingerprint density at radius 3 is 2.50 bits per heavy atom. The molecule has 0 unspecified atom stereocenters. The highest BCUT2D eigenvalue weighted by Gasteiger charge is 2.30. The van der Waals surface area contributed by atoms with Gasteiger partial charge in [-0.3, -0.25) is 4.79 Å². The molecule has 34 heavy (non-hydrogen) atoms. The molecule has 5 rings (SSSR count). The third-order valence-corrected chi connectivity index (χ3v) is 8.40. The number of amides is 1. The van der Waals surface area contributed by atoms with Crippen molar-refractivity contribution in [1.82, 2.24) is 13.9 Å². The normalized spacial score (nSPS) is 16.4. The molecular weight excluding hydrogens is 452 g/mol. The van der Waals surface area contributed by atoms with Crippen molar-refractivity contribution in [2.75, 3.05) is 24.5 Å². The van der Waals surface area contributed by atoms with E-state index in [0.29, 0.717) is 42.4 Å². The minimum absolute atomic E-state index is 0.105. The lowest BCUT2D eigenvalue weighted by molar-refractivity contribution is 0.0985. The lowest BCUT2D eigenvalue weighted by Gasteiger charge is -2.30. The Morgan fingerprint density at radius 2 is 1.79 bits per heavy atom. The molecule has 1 saturated heterocycles. The highest BCUT2D eigenvalue weighted by atomic mass is 32.2. The van der Waals surface area contributed by atoms with Gasteiger partial charge in [-0.25, -0.2) is 13.4 Å². The maximum Gasteiger partial charge on any atom is 0.258 e. The second kappa shape index (κ2) is 9.23. The topological polar surface area (TPSA) is 84.7 Å². The number of carbonyl (C=O) groups is 1. The summed E-state index contributed by atoms with van der Waals surface area (Å²) in [5.74, 6) is 1.37. The Balaban J connectivity index is 1.32. The fourth-order valence-corrected chi connectivity index (χ4v) is 6.12. The van der Waals surface area contributed by atoms with Crippen molar-refractivity contribution in [3.05, 3.63) is 71.8 Å². The lowest BCUT2D eigenvalue weighted by Crippen LogP contribution is -2.35. The lowest BCUT2D eigenvalue weighted by atomic mass is 10.0. The van der Waals surface area contributed by atoms with Gasteiger partial charge in [0, 0.05) is 50.3 Å². The molecule has 0 radical (unpaired) electrons. The van der Waals surface area contributed by atoms with E-state index in [-0.39, 0.29) is 5.91 Å². The summed E-state index contributed by atoms with van der Waals surface area (Å²) in [5.41, 5.74) is 2.24. The molecule has 1 aromatic heterocycles. The van der Waals surface area contributed by atoms with Crippen LogP contribution in [0.25, 0.3) is 0 Å². The number of sulfonamides is 1. The summed E-state index contributed by atoms with van der Waals surface area (Å²) in [6, 6.07) is 12.2. The molecule has 2 aliphatic heterocycles. The average Bonchev–Trinajstić information content (AvgIpc) is 3.54. The van der Waals surface area contributed by atoms with Crippen LogP contribution >= 0.6 is 0 Å². The zero-order chi connectivity index (χ0) is 23.7. The van der Waals surface area contributed by atoms with E-state index in [0.717, 1.165) is 42.8 Å². The van der Waals surface area contributed by atoms with Gasteiger partial charge in [-0.1, -0.05) is 0 Å². The van der Waals surface area contributed by atoms with Crippen LogP contribution in [0.3, 0.4) is 0 Å². The number of nitrogens with zero attached hydrogens (tertiary/aromatic N) is 4. The Hall–Kier alpha value is -3.17. The van der Waals surface area contributed by atoms with E-state index in [2.05, 4.69) is 4.98 Å². The van der Waals surface area contributed by atoms with Crippen molar-refractivity contribution in [2.45, 2.75) is 37.2 Å². The summed E-state index contributed by atoms with van der Waals surface area (Å²) in [6.07, 6.45) is 6.93. The summed E-state index contributed by atoms with van der Waals surface area (Å²) in [5, 5.41) is 0. The molecule has 0 aliphatic carbocycles. The second-order valence-electron chi connectivity index (χ2n) is 8.73. The minimum atomic E-state index is -3.48. The van der Waals surface area contributed by atoms with E-state index in [1.165, 1.54) is 0 Å². The minimum Gasteiger partial charge on any atom is -0.486 e. The van der Waals surface area contributed by atoms with Crippen LogP contribution in [0.1, 0.15) is 41.0 Å². The van der Waals surface area contributed by atoms with Gasteiger partial charge in [-0.15, -0.1) is 0 Å². The van der Waals surface area contributed by atoms with Gasteiger partial charge in [0.1, 0.15) is 18.2 Å². The standard InChI is InChI=1S/C25H28N4O4S/c1-27-16-12-26-24(27)18-33-21-8-6-19(7-9-21)25(30)29-15-4-5-20-17-22(10-11-23(20)29)34(31,32)28-13-2-3-14-28/h6-12,16-17H,2-5,13-15,18H2,1H3. The first-order valence-corrected chi connectivity index (χ1v) is 13.0. The number of hydrogen-bond acceptors (Lipinski definition) is 5. The highest BCUT2D eigenvalue weighted by molar-refractivity contribution is 7.89. The molecule has 2 aromatic carbocycles. The van der Waals surface area contributed by atoms with Crippen molar-refractivity contribution in [3.8, 4) is 5.75 Å². The van der Waals surface area contributed by atoms with Crippen LogP contribution in [-0.2, 0) is 30.1 Å². The van der Waals surface area contributed by atoms with E-state index in [1.54, 1.807) is 57.9 Å². The van der Waals surface area contributed by atoms with Gasteiger partial charge in [0.05, 0.1) is 4.90 Å². The van der Waals surface area contributed by atoms with Gasteiger partial charge in [0.25, 0.3) is 5.91 Å². The van der Waals surface area contributed by atoms with Crippen molar-refractivity contribution in [3.63, 3.8) is 0 Å². The summed E-state index contributed by atoms with van der Waals surface area (Å²) in [7, 11) is -1.57. The maximum atomic E-state index is 13.3. The van der Waals surface area contributed by atoms with Gasteiger partial charge < -0.3 is 14.2 Å². The van der Waals surface area contributed by atoms with E-state index in [9.17, 15) is 13.2 Å².